The molecule has 0 aliphatic heterocycles. The van der Waals surface area contributed by atoms with Gasteiger partial charge in [-0.15, -0.1) is 5.92 Å². The van der Waals surface area contributed by atoms with Gasteiger partial charge in [-0.1, -0.05) is 54.4 Å². The fourth-order valence-corrected chi connectivity index (χ4v) is 9.86. The summed E-state index contributed by atoms with van der Waals surface area (Å²) < 4.78 is 23.3. The second-order valence-electron chi connectivity index (χ2n) is 8.89. The minimum absolute atomic E-state index is 0.127. The second kappa shape index (κ2) is 14.6. The molecule has 0 fully saturated rings. The third kappa shape index (κ3) is 8.68. The standard InChI is InChI=1S/C23H46O5Si/c1-11-12-20(8)23(24)21(9)22(27-16-26-14-13-25-10)15-28-29(17(2)3,18(4)5)19(6)7/h17-24H,13-16H2,1-10H3/t20-,21+,22+,23+/m1/s1. The molecule has 172 valence electrons. The van der Waals surface area contributed by atoms with E-state index in [1.165, 1.54) is 0 Å². The first-order valence-corrected chi connectivity index (χ1v) is 13.1. The van der Waals surface area contributed by atoms with Gasteiger partial charge in [-0.05, 0) is 30.5 Å². The Kier molecular flexibility index (Phi) is 14.3. The van der Waals surface area contributed by atoms with Gasteiger partial charge in [-0.3, -0.25) is 0 Å². The van der Waals surface area contributed by atoms with Crippen LogP contribution in [-0.2, 0) is 18.6 Å². The van der Waals surface area contributed by atoms with Crippen molar-refractivity contribution >= 4 is 8.32 Å². The molecule has 0 aromatic heterocycles. The first-order valence-electron chi connectivity index (χ1n) is 11.0. The second-order valence-corrected chi connectivity index (χ2v) is 14.3. The van der Waals surface area contributed by atoms with Crippen LogP contribution in [-0.4, -0.2) is 59.4 Å². The first kappa shape index (κ1) is 28.6. The molecule has 0 aliphatic rings. The maximum Gasteiger partial charge on any atom is 0.200 e. The molecular weight excluding hydrogens is 384 g/mol. The van der Waals surface area contributed by atoms with Crippen molar-refractivity contribution in [1.29, 1.82) is 0 Å². The lowest BCUT2D eigenvalue weighted by atomic mass is 9.90. The number of methoxy groups -OCH3 is 1. The lowest BCUT2D eigenvalue weighted by Gasteiger charge is -2.43. The van der Waals surface area contributed by atoms with Crippen LogP contribution < -0.4 is 0 Å². The minimum Gasteiger partial charge on any atom is -0.413 e. The molecule has 0 radical (unpaired) electrons. The van der Waals surface area contributed by atoms with Crippen LogP contribution in [0.25, 0.3) is 0 Å². The molecule has 0 rings (SSSR count). The quantitative estimate of drug-likeness (QED) is 0.174. The zero-order valence-electron chi connectivity index (χ0n) is 20.5. The molecule has 0 saturated heterocycles. The van der Waals surface area contributed by atoms with Crippen molar-refractivity contribution in [1.82, 2.24) is 0 Å². The van der Waals surface area contributed by atoms with E-state index in [1.807, 2.05) is 13.8 Å². The normalized spacial score (nSPS) is 16.6. The molecule has 1 N–H and O–H groups in total. The van der Waals surface area contributed by atoms with Crippen LogP contribution in [0.1, 0.15) is 62.3 Å². The number of ether oxygens (including phenoxy) is 3. The van der Waals surface area contributed by atoms with E-state index in [4.69, 9.17) is 18.6 Å². The van der Waals surface area contributed by atoms with E-state index >= 15 is 0 Å². The summed E-state index contributed by atoms with van der Waals surface area (Å²) in [7, 11) is -0.382. The Hall–Kier alpha value is -0.423. The third-order valence-corrected chi connectivity index (χ3v) is 12.1. The Morgan fingerprint density at radius 3 is 1.90 bits per heavy atom. The van der Waals surface area contributed by atoms with E-state index < -0.39 is 14.4 Å². The Labute approximate surface area is 181 Å². The molecule has 6 heteroatoms. The van der Waals surface area contributed by atoms with Crippen molar-refractivity contribution in [2.75, 3.05) is 33.7 Å². The summed E-state index contributed by atoms with van der Waals surface area (Å²) in [5.41, 5.74) is 1.48. The Balaban J connectivity index is 5.37. The molecule has 0 heterocycles. The minimum atomic E-state index is -2.02. The van der Waals surface area contributed by atoms with Crippen LogP contribution in [0.15, 0.2) is 0 Å². The van der Waals surface area contributed by atoms with Crippen LogP contribution in [0.4, 0.5) is 0 Å². The predicted molar refractivity (Wildman–Crippen MR) is 122 cm³/mol. The fourth-order valence-electron chi connectivity index (χ4n) is 4.40. The van der Waals surface area contributed by atoms with Gasteiger partial charge in [0.15, 0.2) is 8.32 Å². The summed E-state index contributed by atoms with van der Waals surface area (Å²) in [6.45, 7) is 21.0. The zero-order chi connectivity index (χ0) is 22.6. The fraction of sp³-hybridized carbons (Fsp3) is 0.913. The van der Waals surface area contributed by atoms with Gasteiger partial charge in [0, 0.05) is 18.9 Å². The topological polar surface area (TPSA) is 57.2 Å². The maximum atomic E-state index is 10.8. The number of aliphatic hydroxyl groups excluding tert-OH is 1. The van der Waals surface area contributed by atoms with Gasteiger partial charge in [0.2, 0.25) is 0 Å². The summed E-state index contributed by atoms with van der Waals surface area (Å²) in [6, 6.07) is 0. The van der Waals surface area contributed by atoms with Gasteiger partial charge < -0.3 is 23.7 Å². The van der Waals surface area contributed by atoms with Crippen LogP contribution in [0, 0.1) is 23.7 Å². The van der Waals surface area contributed by atoms with E-state index in [0.29, 0.717) is 36.4 Å². The Morgan fingerprint density at radius 1 is 0.897 bits per heavy atom. The monoisotopic (exact) mass is 430 g/mol. The van der Waals surface area contributed by atoms with E-state index in [2.05, 4.69) is 53.4 Å². The largest absolute Gasteiger partial charge is 0.413 e. The maximum absolute atomic E-state index is 10.8. The van der Waals surface area contributed by atoms with Gasteiger partial charge in [0.05, 0.1) is 32.0 Å². The molecule has 0 saturated carbocycles. The molecule has 0 aliphatic carbocycles. The number of aliphatic hydroxyl groups is 1. The first-order chi connectivity index (χ1) is 13.6. The summed E-state index contributed by atoms with van der Waals surface area (Å²) in [5, 5.41) is 10.8. The summed E-state index contributed by atoms with van der Waals surface area (Å²) in [4.78, 5) is 0. The van der Waals surface area contributed by atoms with Crippen molar-refractivity contribution in [3.05, 3.63) is 0 Å². The number of hydrogen-bond acceptors (Lipinski definition) is 5. The number of rotatable bonds is 15. The van der Waals surface area contributed by atoms with Crippen LogP contribution in [0.3, 0.4) is 0 Å². The molecule has 0 spiro atoms. The third-order valence-electron chi connectivity index (χ3n) is 6.01. The number of hydrogen-bond donors (Lipinski definition) is 1. The van der Waals surface area contributed by atoms with Gasteiger partial charge >= 0.3 is 0 Å². The molecule has 5 nitrogen and oxygen atoms in total. The van der Waals surface area contributed by atoms with Gasteiger partial charge in [0.25, 0.3) is 0 Å². The van der Waals surface area contributed by atoms with Crippen molar-refractivity contribution < 1.29 is 23.7 Å². The van der Waals surface area contributed by atoms with E-state index in [0.717, 1.165) is 0 Å². The molecule has 0 aromatic rings. The Bertz CT molecular complexity index is 462. The lowest BCUT2D eigenvalue weighted by Crippen LogP contribution is -2.50. The molecule has 0 unspecified atom stereocenters. The summed E-state index contributed by atoms with van der Waals surface area (Å²) in [6.07, 6.45) is -0.861. The molecule has 0 aromatic carbocycles. The highest BCUT2D eigenvalue weighted by Gasteiger charge is 2.46. The zero-order valence-corrected chi connectivity index (χ0v) is 21.5. The van der Waals surface area contributed by atoms with Gasteiger partial charge in [0.1, 0.15) is 6.79 Å². The highest BCUT2D eigenvalue weighted by molar-refractivity contribution is 6.77. The molecule has 4 atom stereocenters. The van der Waals surface area contributed by atoms with Gasteiger partial charge in [-0.25, -0.2) is 0 Å². The van der Waals surface area contributed by atoms with Crippen molar-refractivity contribution in [3.8, 4) is 11.8 Å². The van der Waals surface area contributed by atoms with Crippen molar-refractivity contribution in [3.63, 3.8) is 0 Å². The lowest BCUT2D eigenvalue weighted by molar-refractivity contribution is -0.137. The predicted octanol–water partition coefficient (Wildman–Crippen LogP) is 4.84. The van der Waals surface area contributed by atoms with Crippen molar-refractivity contribution in [2.24, 2.45) is 11.8 Å². The van der Waals surface area contributed by atoms with E-state index in [-0.39, 0.29) is 24.7 Å². The van der Waals surface area contributed by atoms with Crippen molar-refractivity contribution in [2.45, 2.75) is 91.1 Å². The molecule has 0 bridgehead atoms. The van der Waals surface area contributed by atoms with Gasteiger partial charge in [-0.2, -0.15) is 0 Å². The summed E-state index contributed by atoms with van der Waals surface area (Å²) in [5.74, 6) is 5.70. The highest BCUT2D eigenvalue weighted by Crippen LogP contribution is 2.42. The SMILES string of the molecule is CC#C[C@@H](C)[C@H](O)[C@@H](C)[C@H](CO[Si](C(C)C)(C(C)C)C(C)C)OCOCCOC. The van der Waals surface area contributed by atoms with Crippen LogP contribution in [0.5, 0.6) is 0 Å². The van der Waals surface area contributed by atoms with Crippen LogP contribution >= 0.6 is 0 Å². The average Bonchev–Trinajstić information content (AvgIpc) is 2.64. The molecular formula is C23H46O5Si. The van der Waals surface area contributed by atoms with Crippen LogP contribution in [0.2, 0.25) is 16.6 Å². The average molecular weight is 431 g/mol. The molecule has 0 amide bonds. The smallest absolute Gasteiger partial charge is 0.200 e. The van der Waals surface area contributed by atoms with E-state index in [9.17, 15) is 5.11 Å². The summed E-state index contributed by atoms with van der Waals surface area (Å²) >= 11 is 0. The Morgan fingerprint density at radius 2 is 1.45 bits per heavy atom. The molecule has 29 heavy (non-hydrogen) atoms. The van der Waals surface area contributed by atoms with E-state index in [1.54, 1.807) is 14.0 Å². The highest BCUT2D eigenvalue weighted by atomic mass is 28.4.